The van der Waals surface area contributed by atoms with Crippen LogP contribution in [0.5, 0.6) is 0 Å². The number of nitrogens with one attached hydrogen (secondary N) is 1. The molecule has 2 aliphatic rings. The number of hydrogen-bond donors (Lipinski definition) is 1. The summed E-state index contributed by atoms with van der Waals surface area (Å²) in [5.74, 6) is -1.45. The molecule has 2 fully saturated rings. The Balaban J connectivity index is 1.40. The molecule has 30 heavy (non-hydrogen) atoms. The van der Waals surface area contributed by atoms with Gasteiger partial charge in [-0.3, -0.25) is 23.7 Å². The predicted molar refractivity (Wildman–Crippen MR) is 109 cm³/mol. The van der Waals surface area contributed by atoms with E-state index in [2.05, 4.69) is 10.3 Å². The number of anilines is 1. The molecule has 0 bridgehead atoms. The molecule has 1 aromatic carbocycles. The topological polar surface area (TPSA) is 83.8 Å². The van der Waals surface area contributed by atoms with E-state index in [4.69, 9.17) is 0 Å². The van der Waals surface area contributed by atoms with E-state index in [1.165, 1.54) is 23.5 Å². The maximum atomic E-state index is 13.3. The Hall–Kier alpha value is -3.07. The van der Waals surface area contributed by atoms with Gasteiger partial charge in [-0.05, 0) is 37.1 Å². The largest absolute Gasteiger partial charge is 0.308 e. The van der Waals surface area contributed by atoms with Crippen LogP contribution in [-0.2, 0) is 14.4 Å². The highest BCUT2D eigenvalue weighted by Crippen LogP contribution is 2.38. The minimum Gasteiger partial charge on any atom is -0.308 e. The molecule has 2 aromatic heterocycles. The molecular weight excluding hydrogens is 407 g/mol. The van der Waals surface area contributed by atoms with Crippen LogP contribution in [0.25, 0.3) is 16.2 Å². The molecule has 0 spiro atoms. The van der Waals surface area contributed by atoms with Crippen LogP contribution in [0.2, 0.25) is 0 Å². The number of rotatable bonds is 4. The second-order valence-electron chi connectivity index (χ2n) is 7.68. The van der Waals surface area contributed by atoms with Crippen LogP contribution in [0.1, 0.15) is 25.7 Å². The van der Waals surface area contributed by atoms with E-state index in [1.807, 2.05) is 5.38 Å². The van der Waals surface area contributed by atoms with Gasteiger partial charge >= 0.3 is 0 Å². The number of halogens is 1. The van der Waals surface area contributed by atoms with Crippen LogP contribution in [-0.4, -0.2) is 38.6 Å². The van der Waals surface area contributed by atoms with Gasteiger partial charge in [-0.15, -0.1) is 11.3 Å². The average Bonchev–Trinajstić information content (AvgIpc) is 3.40. The van der Waals surface area contributed by atoms with Crippen molar-refractivity contribution >= 4 is 39.8 Å². The Morgan fingerprint density at radius 3 is 2.47 bits per heavy atom. The van der Waals surface area contributed by atoms with Crippen molar-refractivity contribution in [2.24, 2.45) is 11.8 Å². The zero-order valence-electron chi connectivity index (χ0n) is 16.0. The summed E-state index contributed by atoms with van der Waals surface area (Å²) in [6.45, 7) is -0.315. The summed E-state index contributed by atoms with van der Waals surface area (Å²) < 4.78 is 15.1. The standard InChI is InChI=1S/C21H19FN4O3S/c22-13-7-5-12(6-8-13)17-18(25-9-10-30-21(25)24-17)23-16(27)11-26-19(28)14-3-1-2-4-15(14)20(26)29/h5-10,14-15H,1-4,11H2,(H,23,27)/t14-,15-/m0/s1. The first-order valence-electron chi connectivity index (χ1n) is 9.89. The fourth-order valence-corrected chi connectivity index (χ4v) is 5.13. The van der Waals surface area contributed by atoms with E-state index in [9.17, 15) is 18.8 Å². The van der Waals surface area contributed by atoms with Gasteiger partial charge in [0.1, 0.15) is 23.9 Å². The van der Waals surface area contributed by atoms with Gasteiger partial charge in [0.15, 0.2) is 4.96 Å². The number of imidazole rings is 1. The van der Waals surface area contributed by atoms with Crippen LogP contribution in [0, 0.1) is 17.7 Å². The zero-order valence-corrected chi connectivity index (χ0v) is 16.8. The lowest BCUT2D eigenvalue weighted by molar-refractivity contribution is -0.142. The highest BCUT2D eigenvalue weighted by atomic mass is 32.1. The van der Waals surface area contributed by atoms with Crippen molar-refractivity contribution in [2.75, 3.05) is 11.9 Å². The van der Waals surface area contributed by atoms with Gasteiger partial charge in [0.05, 0.1) is 11.8 Å². The second-order valence-corrected chi connectivity index (χ2v) is 8.55. The molecule has 154 valence electrons. The third kappa shape index (κ3) is 3.09. The molecule has 0 radical (unpaired) electrons. The summed E-state index contributed by atoms with van der Waals surface area (Å²) in [5, 5.41) is 4.65. The van der Waals surface area contributed by atoms with Gasteiger partial charge in [-0.2, -0.15) is 0 Å². The fraction of sp³-hybridized carbons (Fsp3) is 0.333. The Bertz CT molecular complexity index is 1130. The Kier molecular flexibility index (Phi) is 4.62. The quantitative estimate of drug-likeness (QED) is 0.649. The summed E-state index contributed by atoms with van der Waals surface area (Å²) in [5.41, 5.74) is 1.16. The van der Waals surface area contributed by atoms with Gasteiger partial charge in [0.2, 0.25) is 17.7 Å². The predicted octanol–water partition coefficient (Wildman–Crippen LogP) is 3.32. The number of carbonyl (C=O) groups excluding carboxylic acids is 3. The van der Waals surface area contributed by atoms with Crippen molar-refractivity contribution in [1.29, 1.82) is 0 Å². The summed E-state index contributed by atoms with van der Waals surface area (Å²) in [6, 6.07) is 5.85. The number of nitrogens with zero attached hydrogens (tertiary/aromatic N) is 3. The SMILES string of the molecule is O=C(CN1C(=O)[C@H]2CCCC[C@@H]2C1=O)Nc1c(-c2ccc(F)cc2)nc2sccn12. The first kappa shape index (κ1) is 18.9. The maximum Gasteiger partial charge on any atom is 0.245 e. The molecule has 0 unspecified atom stereocenters. The highest BCUT2D eigenvalue weighted by Gasteiger charge is 2.48. The molecular formula is C21H19FN4O3S. The molecule has 1 saturated carbocycles. The molecule has 1 aliphatic carbocycles. The van der Waals surface area contributed by atoms with Crippen LogP contribution < -0.4 is 5.32 Å². The molecule has 2 atom stereocenters. The van der Waals surface area contributed by atoms with Gasteiger partial charge in [-0.25, -0.2) is 9.37 Å². The number of imide groups is 1. The van der Waals surface area contributed by atoms with Crippen LogP contribution in [0.3, 0.4) is 0 Å². The first-order chi connectivity index (χ1) is 14.5. The lowest BCUT2D eigenvalue weighted by Crippen LogP contribution is -2.38. The summed E-state index contributed by atoms with van der Waals surface area (Å²) >= 11 is 1.40. The highest BCUT2D eigenvalue weighted by molar-refractivity contribution is 7.15. The van der Waals surface area contributed by atoms with Crippen molar-refractivity contribution in [3.05, 3.63) is 41.7 Å². The summed E-state index contributed by atoms with van der Waals surface area (Å²) in [7, 11) is 0. The zero-order chi connectivity index (χ0) is 20.8. The normalized spacial score (nSPS) is 21.3. The summed E-state index contributed by atoms with van der Waals surface area (Å²) in [4.78, 5) is 44.4. The van der Waals surface area contributed by atoms with E-state index in [1.54, 1.807) is 22.7 Å². The number of likely N-dealkylation sites (tertiary alicyclic amines) is 1. The van der Waals surface area contributed by atoms with E-state index >= 15 is 0 Å². The summed E-state index contributed by atoms with van der Waals surface area (Å²) in [6.07, 6.45) is 5.07. The first-order valence-corrected chi connectivity index (χ1v) is 10.8. The Morgan fingerprint density at radius 1 is 1.13 bits per heavy atom. The monoisotopic (exact) mass is 426 g/mol. The van der Waals surface area contributed by atoms with Crippen LogP contribution >= 0.6 is 11.3 Å². The third-order valence-corrected chi connectivity index (χ3v) is 6.63. The molecule has 3 heterocycles. The molecule has 3 aromatic rings. The number of aromatic nitrogens is 2. The number of fused-ring (bicyclic) bond motifs is 2. The Labute approximate surface area is 175 Å². The van der Waals surface area contributed by atoms with Crippen molar-refractivity contribution in [3.63, 3.8) is 0 Å². The van der Waals surface area contributed by atoms with Gasteiger partial charge in [-0.1, -0.05) is 12.8 Å². The van der Waals surface area contributed by atoms with Gasteiger partial charge in [0, 0.05) is 17.1 Å². The van der Waals surface area contributed by atoms with E-state index in [0.29, 0.717) is 34.9 Å². The maximum absolute atomic E-state index is 13.3. The molecule has 1 N–H and O–H groups in total. The molecule has 9 heteroatoms. The minimum atomic E-state index is -0.466. The van der Waals surface area contributed by atoms with Crippen molar-refractivity contribution in [1.82, 2.24) is 14.3 Å². The number of carbonyl (C=O) groups is 3. The number of benzene rings is 1. The molecule has 3 amide bonds. The van der Waals surface area contributed by atoms with Gasteiger partial charge in [0.25, 0.3) is 0 Å². The third-order valence-electron chi connectivity index (χ3n) is 5.87. The number of hydrogen-bond acceptors (Lipinski definition) is 5. The van der Waals surface area contributed by atoms with Crippen molar-refractivity contribution in [2.45, 2.75) is 25.7 Å². The lowest BCUT2D eigenvalue weighted by atomic mass is 9.81. The number of amides is 3. The lowest BCUT2D eigenvalue weighted by Gasteiger charge is -2.19. The molecule has 1 aliphatic heterocycles. The molecule has 1 saturated heterocycles. The smallest absolute Gasteiger partial charge is 0.245 e. The van der Waals surface area contributed by atoms with E-state index < -0.39 is 5.91 Å². The van der Waals surface area contributed by atoms with Crippen LogP contribution in [0.4, 0.5) is 10.2 Å². The molecule has 7 nitrogen and oxygen atoms in total. The van der Waals surface area contributed by atoms with Crippen molar-refractivity contribution in [3.8, 4) is 11.3 Å². The van der Waals surface area contributed by atoms with E-state index in [-0.39, 0.29) is 36.0 Å². The fourth-order valence-electron chi connectivity index (χ4n) is 4.42. The Morgan fingerprint density at radius 2 is 1.80 bits per heavy atom. The number of thiazole rings is 1. The van der Waals surface area contributed by atoms with Crippen molar-refractivity contribution < 1.29 is 18.8 Å². The minimum absolute atomic E-state index is 0.243. The van der Waals surface area contributed by atoms with E-state index in [0.717, 1.165) is 17.7 Å². The molecule has 5 rings (SSSR count). The van der Waals surface area contributed by atoms with Crippen LogP contribution in [0.15, 0.2) is 35.8 Å². The van der Waals surface area contributed by atoms with Gasteiger partial charge < -0.3 is 5.32 Å². The second kappa shape index (κ2) is 7.32. The average molecular weight is 426 g/mol.